The van der Waals surface area contributed by atoms with Gasteiger partial charge in [0, 0.05) is 41.5 Å². The van der Waals surface area contributed by atoms with E-state index in [1.165, 1.54) is 0 Å². The number of rotatable bonds is 16. The molecule has 0 N–H and O–H groups in total. The van der Waals surface area contributed by atoms with E-state index in [-0.39, 0.29) is 50.6 Å². The standard InChI is InChI=1S/C64H64O20Si10/c1-85(47-27-29-51-49-61(65)69-63(51)67)71-87(53-31-11-3-12-32-53)75-91(57-39-19-7-20-40-57)79-89(55-35-15-5-16-36-55)73-86(2,48-28-30-52-50-62(66)70-64(52)68)74-90(56-37-17-6-18-38-56)81-93(83-91,59-43-23-9-24-44-59)77-88(72-85,54-33-13-4-14-34-54)78-94(82-90,60-45-25-10-26-46-60)84-92(76-87,80-89)58-41-21-8-22-42-58/h3-26,31-46,51-52H,27-30,47-50H2,1-2H3. The third-order valence-corrected chi connectivity index (χ3v) is 60.9. The molecule has 94 heavy (non-hydrogen) atoms. The minimum absolute atomic E-state index is 0.0875. The molecule has 8 fully saturated rings. The van der Waals surface area contributed by atoms with Gasteiger partial charge in [-0.25, -0.2) is 0 Å². The van der Waals surface area contributed by atoms with Gasteiger partial charge in [0.25, 0.3) is 0 Å². The highest BCUT2D eigenvalue weighted by Gasteiger charge is 2.83. The van der Waals surface area contributed by atoms with Crippen molar-refractivity contribution in [2.75, 3.05) is 0 Å². The molecule has 0 saturated carbocycles. The van der Waals surface area contributed by atoms with Crippen molar-refractivity contribution in [3.8, 4) is 0 Å². The van der Waals surface area contributed by atoms with Crippen molar-refractivity contribution in [1.82, 2.24) is 0 Å². The molecule has 8 bridgehead atoms. The lowest BCUT2D eigenvalue weighted by atomic mass is 10.0. The van der Waals surface area contributed by atoms with Gasteiger partial charge in [-0.1, -0.05) is 255 Å². The van der Waals surface area contributed by atoms with Crippen LogP contribution in [0.4, 0.5) is 0 Å². The molecule has 8 aromatic carbocycles. The molecule has 8 aliphatic rings. The molecule has 20 nitrogen and oxygen atoms in total. The smallest absolute Gasteiger partial charge is 0.393 e. The van der Waals surface area contributed by atoms with Crippen LogP contribution in [0.2, 0.25) is 25.2 Å². The SMILES string of the molecule is C[Si]1(CCCC2CC(=O)OC2=O)O[Si]2(c3ccccc3)O[Si]3(c4ccccc4)O[Si]4(c5ccccc5)O[Si](C)(CCCC5CC(=O)OC5=O)O[Si]5(c6ccccc6)O[Si](c6ccccc6)(O[Si](c6ccccc6)(O1)O[Si](c1ccccc1)(O5)O[Si](c1ccccc1)(O2)O4)O3. The van der Waals surface area contributed by atoms with Crippen molar-refractivity contribution >= 4 is 153 Å². The molecule has 0 aliphatic carbocycles. The maximum atomic E-state index is 13.4. The van der Waals surface area contributed by atoms with Gasteiger partial charge in [-0.05, 0) is 38.0 Å². The Bertz CT molecular complexity index is 3590. The lowest BCUT2D eigenvalue weighted by Crippen LogP contribution is -2.93. The van der Waals surface area contributed by atoms with Gasteiger partial charge in [0.1, 0.15) is 0 Å². The molecule has 8 aromatic rings. The molecule has 2 atom stereocenters. The molecule has 0 aromatic heterocycles. The number of esters is 4. The minimum atomic E-state index is -5.37. The van der Waals surface area contributed by atoms with Crippen LogP contribution in [0.5, 0.6) is 0 Å². The van der Waals surface area contributed by atoms with Crippen molar-refractivity contribution in [3.63, 3.8) is 0 Å². The van der Waals surface area contributed by atoms with Crippen molar-refractivity contribution in [2.24, 2.45) is 11.8 Å². The van der Waals surface area contributed by atoms with E-state index in [9.17, 15) is 19.2 Å². The summed E-state index contributed by atoms with van der Waals surface area (Å²) in [5, 5.41) is 3.36. The van der Waals surface area contributed by atoms with Crippen molar-refractivity contribution < 1.29 is 86.3 Å². The number of carbonyl (C=O) groups is 4. The van der Waals surface area contributed by atoms with Gasteiger partial charge in [0.2, 0.25) is 0 Å². The Morgan fingerprint density at radius 1 is 0.266 bits per heavy atom. The average molecular weight is 1430 g/mol. The molecule has 8 saturated heterocycles. The van der Waals surface area contributed by atoms with Crippen LogP contribution in [0.15, 0.2) is 243 Å². The summed E-state index contributed by atoms with van der Waals surface area (Å²) < 4.78 is 129. The first kappa shape index (κ1) is 63.7. The molecule has 0 radical (unpaired) electrons. The highest BCUT2D eigenvalue weighted by molar-refractivity contribution is 7.12. The van der Waals surface area contributed by atoms with Crippen LogP contribution in [0.1, 0.15) is 38.5 Å². The minimum Gasteiger partial charge on any atom is -0.393 e. The van der Waals surface area contributed by atoms with Crippen LogP contribution >= 0.6 is 0 Å². The zero-order valence-corrected chi connectivity index (χ0v) is 61.1. The van der Waals surface area contributed by atoms with E-state index in [2.05, 4.69) is 0 Å². The van der Waals surface area contributed by atoms with Crippen LogP contribution in [0, 0.1) is 11.8 Å². The second kappa shape index (κ2) is 24.9. The summed E-state index contributed by atoms with van der Waals surface area (Å²) in [6.45, 7) is 3.83. The molecular formula is C64H64O20Si10. The third kappa shape index (κ3) is 11.8. The molecule has 2 unspecified atom stereocenters. The first-order chi connectivity index (χ1) is 45.5. The Morgan fingerprint density at radius 3 is 0.596 bits per heavy atom. The largest absolute Gasteiger partial charge is 0.515 e. The van der Waals surface area contributed by atoms with Gasteiger partial charge in [-0.3, -0.25) is 19.2 Å². The van der Waals surface area contributed by atoms with E-state index >= 15 is 0 Å². The molecular weight excluding hydrogens is 1370 g/mol. The molecule has 16 rings (SSSR count). The Balaban J connectivity index is 1.14. The van der Waals surface area contributed by atoms with E-state index in [4.69, 9.17) is 67.1 Å². The van der Waals surface area contributed by atoms with Crippen molar-refractivity contribution in [2.45, 2.75) is 63.7 Å². The summed E-state index contributed by atoms with van der Waals surface area (Å²) in [7, 11) is -51.1. The molecule has 8 aliphatic heterocycles. The van der Waals surface area contributed by atoms with Gasteiger partial charge < -0.3 is 67.1 Å². The monoisotopic (exact) mass is 1430 g/mol. The average Bonchev–Trinajstić information content (AvgIpc) is 0.729. The van der Waals surface area contributed by atoms with Crippen LogP contribution in [0.3, 0.4) is 0 Å². The van der Waals surface area contributed by atoms with E-state index < -0.39 is 123 Å². The molecule has 0 amide bonds. The molecule has 8 heterocycles. The Hall–Kier alpha value is -6.35. The number of hydrogen-bond donors (Lipinski definition) is 0. The summed E-state index contributed by atoms with van der Waals surface area (Å²) in [4.78, 5) is 52.3. The number of benzene rings is 8. The van der Waals surface area contributed by atoms with E-state index in [1.54, 1.807) is 0 Å². The second-order valence-electron chi connectivity index (χ2n) is 24.2. The normalized spacial score (nSPS) is 34.5. The highest BCUT2D eigenvalue weighted by atomic mass is 28.6. The van der Waals surface area contributed by atoms with E-state index in [0.717, 1.165) is 0 Å². The number of hydrogen-bond acceptors (Lipinski definition) is 20. The summed E-state index contributed by atoms with van der Waals surface area (Å²) in [6.07, 6.45) is 0.807. The Morgan fingerprint density at radius 2 is 0.436 bits per heavy atom. The maximum absolute atomic E-state index is 13.4. The number of carbonyl (C=O) groups excluding carboxylic acids is 4. The topological polar surface area (TPSA) is 216 Å². The van der Waals surface area contributed by atoms with Crippen LogP contribution in [-0.2, 0) is 86.3 Å². The molecule has 0 spiro atoms. The van der Waals surface area contributed by atoms with Crippen LogP contribution in [0.25, 0.3) is 0 Å². The second-order valence-corrected chi connectivity index (χ2v) is 54.7. The maximum Gasteiger partial charge on any atom is 0.515 e. The van der Waals surface area contributed by atoms with Gasteiger partial charge in [-0.2, -0.15) is 0 Å². The predicted molar refractivity (Wildman–Crippen MR) is 360 cm³/mol. The van der Waals surface area contributed by atoms with Gasteiger partial charge in [0.05, 0.1) is 24.7 Å². The van der Waals surface area contributed by atoms with Gasteiger partial charge in [0.15, 0.2) is 0 Å². The Labute approximate surface area is 553 Å². The summed E-state index contributed by atoms with van der Waals surface area (Å²) in [5.41, 5.74) is 0. The molecule has 480 valence electrons. The first-order valence-corrected chi connectivity index (χ1v) is 50.1. The number of ether oxygens (including phenoxy) is 2. The first-order valence-electron chi connectivity index (χ1n) is 31.3. The number of fused-ring (bicyclic) bond motifs is 4. The predicted octanol–water partition coefficient (Wildman–Crippen LogP) is 4.94. The quantitative estimate of drug-likeness (QED) is 0.0711. The fourth-order valence-corrected chi connectivity index (χ4v) is 69.8. The third-order valence-electron chi connectivity index (χ3n) is 17.4. The van der Waals surface area contributed by atoms with Crippen molar-refractivity contribution in [1.29, 1.82) is 0 Å². The summed E-state index contributed by atoms with van der Waals surface area (Å²) >= 11 is 0. The van der Waals surface area contributed by atoms with E-state index in [1.807, 2.05) is 256 Å². The summed E-state index contributed by atoms with van der Waals surface area (Å²) in [6, 6.07) is 75.2. The highest BCUT2D eigenvalue weighted by Crippen LogP contribution is 2.48. The fourth-order valence-electron chi connectivity index (χ4n) is 13.0. The van der Waals surface area contributed by atoms with Crippen molar-refractivity contribution in [3.05, 3.63) is 243 Å². The summed E-state index contributed by atoms with van der Waals surface area (Å²) in [5.74, 6) is -3.87. The zero-order chi connectivity index (χ0) is 64.3. The van der Waals surface area contributed by atoms with E-state index in [0.29, 0.717) is 41.5 Å². The lowest BCUT2D eigenvalue weighted by Gasteiger charge is -2.61. The Kier molecular flexibility index (Phi) is 16.9. The zero-order valence-electron chi connectivity index (χ0n) is 51.1. The van der Waals surface area contributed by atoms with Gasteiger partial charge in [-0.15, -0.1) is 0 Å². The molecule has 30 heteroatoms. The van der Waals surface area contributed by atoms with Crippen LogP contribution in [-0.4, -0.2) is 111 Å². The number of cyclic esters (lactones) is 4. The fraction of sp³-hybridized carbons (Fsp3) is 0.188. The lowest BCUT2D eigenvalue weighted by molar-refractivity contribution is -0.155. The van der Waals surface area contributed by atoms with Gasteiger partial charge >= 0.3 is 111 Å². The van der Waals surface area contributed by atoms with Crippen LogP contribution < -0.4 is 41.5 Å².